The number of hydrogen-bond donors (Lipinski definition) is 1. The van der Waals surface area contributed by atoms with Gasteiger partial charge in [0.05, 0.1) is 27.8 Å². The molecule has 170 valence electrons. The largest absolute Gasteiger partial charge is 0.486 e. The van der Waals surface area contributed by atoms with Gasteiger partial charge in [-0.1, -0.05) is 0 Å². The van der Waals surface area contributed by atoms with Crippen molar-refractivity contribution in [2.45, 2.75) is 39.9 Å². The maximum atomic E-state index is 13.2. The average molecular weight is 528 g/mol. The lowest BCUT2D eigenvalue weighted by Gasteiger charge is -2.16. The van der Waals surface area contributed by atoms with Crippen LogP contribution in [0.5, 0.6) is 5.75 Å². The molecule has 10 heteroatoms. The molecule has 4 heterocycles. The van der Waals surface area contributed by atoms with Crippen LogP contribution in [0.15, 0.2) is 51.3 Å². The molecule has 4 aromatic heterocycles. The Balaban J connectivity index is 1.69. The number of aryl methyl sites for hydroxylation is 2. The molecule has 33 heavy (non-hydrogen) atoms. The lowest BCUT2D eigenvalue weighted by atomic mass is 10.1. The summed E-state index contributed by atoms with van der Waals surface area (Å²) >= 11 is 4.95. The predicted molar refractivity (Wildman–Crippen MR) is 130 cm³/mol. The Kier molecular flexibility index (Phi) is 6.42. The van der Waals surface area contributed by atoms with E-state index >= 15 is 0 Å². The van der Waals surface area contributed by atoms with E-state index in [0.29, 0.717) is 38.8 Å². The van der Waals surface area contributed by atoms with Gasteiger partial charge in [0.2, 0.25) is 0 Å². The number of aliphatic hydroxyl groups is 1. The summed E-state index contributed by atoms with van der Waals surface area (Å²) in [6, 6.07) is 7.04. The van der Waals surface area contributed by atoms with Crippen molar-refractivity contribution in [3.63, 3.8) is 0 Å². The second kappa shape index (κ2) is 9.12. The molecule has 1 N–H and O–H groups in total. The van der Waals surface area contributed by atoms with Crippen molar-refractivity contribution in [3.8, 4) is 22.8 Å². The number of pyridine rings is 2. The maximum absolute atomic E-state index is 13.2. The van der Waals surface area contributed by atoms with E-state index in [1.54, 1.807) is 60.3 Å². The minimum Gasteiger partial charge on any atom is -0.486 e. The quantitative estimate of drug-likeness (QED) is 0.397. The number of nitrogens with zero attached hydrogens (tertiary/aromatic N) is 5. The third-order valence-electron chi connectivity index (χ3n) is 4.81. The molecule has 0 aromatic carbocycles. The Hall–Kier alpha value is -2.95. The van der Waals surface area contributed by atoms with Gasteiger partial charge in [0, 0.05) is 29.5 Å². The summed E-state index contributed by atoms with van der Waals surface area (Å²) in [5, 5.41) is 13.1. The lowest BCUT2D eigenvalue weighted by molar-refractivity contribution is 0.0688. The van der Waals surface area contributed by atoms with Crippen molar-refractivity contribution in [1.82, 2.24) is 24.5 Å². The van der Waals surface area contributed by atoms with Gasteiger partial charge in [0.15, 0.2) is 5.82 Å². The molecule has 0 fully saturated rings. The Labute approximate surface area is 203 Å². The van der Waals surface area contributed by atoms with Crippen LogP contribution >= 0.6 is 27.3 Å². The van der Waals surface area contributed by atoms with Crippen LogP contribution in [0.2, 0.25) is 0 Å². The molecule has 0 saturated heterocycles. The first-order chi connectivity index (χ1) is 15.6. The molecule has 0 saturated carbocycles. The van der Waals surface area contributed by atoms with Crippen LogP contribution in [0.4, 0.5) is 0 Å². The summed E-state index contributed by atoms with van der Waals surface area (Å²) in [4.78, 5) is 30.6. The highest BCUT2D eigenvalue weighted by Gasteiger charge is 2.20. The summed E-state index contributed by atoms with van der Waals surface area (Å²) in [5.74, 6) is 0.749. The Morgan fingerprint density at radius 2 is 1.88 bits per heavy atom. The fraction of sp³-hybridized carbons (Fsp3) is 0.261. The van der Waals surface area contributed by atoms with E-state index in [2.05, 4.69) is 35.9 Å². The van der Waals surface area contributed by atoms with Gasteiger partial charge in [-0.3, -0.25) is 14.3 Å². The Morgan fingerprint density at radius 1 is 1.12 bits per heavy atom. The van der Waals surface area contributed by atoms with Crippen molar-refractivity contribution < 1.29 is 9.84 Å². The molecule has 0 aliphatic heterocycles. The molecule has 0 bridgehead atoms. The highest BCUT2D eigenvalue weighted by Crippen LogP contribution is 2.26. The van der Waals surface area contributed by atoms with E-state index < -0.39 is 5.60 Å². The molecular formula is C23H22BrN5O3S. The minimum atomic E-state index is -1.18. The lowest BCUT2D eigenvalue weighted by Crippen LogP contribution is -2.22. The third kappa shape index (κ3) is 5.02. The van der Waals surface area contributed by atoms with Gasteiger partial charge in [0.1, 0.15) is 22.4 Å². The fourth-order valence-electron chi connectivity index (χ4n) is 3.23. The molecule has 0 unspecified atom stereocenters. The van der Waals surface area contributed by atoms with E-state index in [-0.39, 0.29) is 12.2 Å². The molecule has 0 atom stereocenters. The van der Waals surface area contributed by atoms with Gasteiger partial charge < -0.3 is 9.84 Å². The molecule has 0 radical (unpaired) electrons. The Morgan fingerprint density at radius 3 is 2.58 bits per heavy atom. The van der Waals surface area contributed by atoms with Gasteiger partial charge in [0.25, 0.3) is 5.56 Å². The first-order valence-electron chi connectivity index (χ1n) is 10.1. The highest BCUT2D eigenvalue weighted by atomic mass is 79.9. The highest BCUT2D eigenvalue weighted by molar-refractivity contribution is 9.10. The number of aromatic nitrogens is 5. The summed E-state index contributed by atoms with van der Waals surface area (Å²) in [6.45, 7) is 7.30. The van der Waals surface area contributed by atoms with Crippen molar-refractivity contribution >= 4 is 27.3 Å². The van der Waals surface area contributed by atoms with Crippen molar-refractivity contribution in [2.75, 3.05) is 0 Å². The predicted octanol–water partition coefficient (Wildman–Crippen LogP) is 4.33. The normalized spacial score (nSPS) is 11.6. The second-order valence-corrected chi connectivity index (χ2v) is 9.83. The van der Waals surface area contributed by atoms with Crippen LogP contribution in [-0.4, -0.2) is 29.6 Å². The van der Waals surface area contributed by atoms with E-state index in [1.165, 1.54) is 0 Å². The zero-order chi connectivity index (χ0) is 23.8. The van der Waals surface area contributed by atoms with E-state index in [0.717, 1.165) is 10.7 Å². The molecule has 0 spiro atoms. The van der Waals surface area contributed by atoms with Crippen LogP contribution in [0.3, 0.4) is 0 Å². The van der Waals surface area contributed by atoms with Crippen LogP contribution in [0, 0.1) is 13.8 Å². The van der Waals surface area contributed by atoms with E-state index in [9.17, 15) is 9.90 Å². The number of halogens is 1. The van der Waals surface area contributed by atoms with Crippen LogP contribution in [0.1, 0.15) is 36.1 Å². The summed E-state index contributed by atoms with van der Waals surface area (Å²) in [7, 11) is 0. The monoisotopic (exact) mass is 527 g/mol. The minimum absolute atomic E-state index is 0.253. The molecule has 0 amide bonds. The zero-order valence-corrected chi connectivity index (χ0v) is 20.9. The number of hydrogen-bond acceptors (Lipinski definition) is 8. The van der Waals surface area contributed by atoms with Crippen molar-refractivity contribution in [3.05, 3.63) is 79.1 Å². The molecule has 4 aromatic rings. The Bertz CT molecular complexity index is 1380. The van der Waals surface area contributed by atoms with Crippen LogP contribution < -0.4 is 10.3 Å². The fourth-order valence-corrected chi connectivity index (χ4v) is 4.23. The maximum Gasteiger partial charge on any atom is 0.273 e. The SMILES string of the molecule is Cc1nc(COc2cc(C)n(-c3ccnc(-c4ccnc(C(C)(C)O)n4)c3)c(=O)c2Br)cs1. The number of ether oxygens (including phenoxy) is 1. The summed E-state index contributed by atoms with van der Waals surface area (Å²) < 4.78 is 7.76. The first-order valence-corrected chi connectivity index (χ1v) is 11.8. The van der Waals surface area contributed by atoms with Gasteiger partial charge in [-0.25, -0.2) is 15.0 Å². The standard InChI is InChI=1S/C23H22BrN5O3S/c1-13-9-19(32-11-15-12-33-14(2)27-15)20(24)21(30)29(13)16-5-7-25-18(10-16)17-6-8-26-22(28-17)23(3,4)31/h5-10,12,31H,11H2,1-4H3. The van der Waals surface area contributed by atoms with Gasteiger partial charge >= 0.3 is 0 Å². The van der Waals surface area contributed by atoms with Gasteiger partial charge in [-0.2, -0.15) is 0 Å². The number of rotatable bonds is 6. The molecule has 8 nitrogen and oxygen atoms in total. The van der Waals surface area contributed by atoms with Crippen LogP contribution in [0.25, 0.3) is 17.1 Å². The topological polar surface area (TPSA) is 103 Å². The van der Waals surface area contributed by atoms with Crippen molar-refractivity contribution in [2.24, 2.45) is 0 Å². The number of thiazole rings is 1. The van der Waals surface area contributed by atoms with Gasteiger partial charge in [-0.05, 0) is 61.8 Å². The molecule has 0 aliphatic rings. The van der Waals surface area contributed by atoms with Gasteiger partial charge in [-0.15, -0.1) is 11.3 Å². The first kappa shape index (κ1) is 23.2. The third-order valence-corrected chi connectivity index (χ3v) is 6.36. The smallest absolute Gasteiger partial charge is 0.273 e. The second-order valence-electron chi connectivity index (χ2n) is 7.97. The molecule has 4 rings (SSSR count). The van der Waals surface area contributed by atoms with E-state index in [4.69, 9.17) is 4.74 Å². The molecular weight excluding hydrogens is 506 g/mol. The zero-order valence-electron chi connectivity index (χ0n) is 18.5. The molecule has 0 aliphatic carbocycles. The summed E-state index contributed by atoms with van der Waals surface area (Å²) in [6.07, 6.45) is 3.19. The summed E-state index contributed by atoms with van der Waals surface area (Å²) in [5.41, 5.74) is 1.82. The van der Waals surface area contributed by atoms with Crippen LogP contribution in [-0.2, 0) is 12.2 Å². The van der Waals surface area contributed by atoms with E-state index in [1.807, 2.05) is 25.3 Å². The average Bonchev–Trinajstić information content (AvgIpc) is 3.20. The van der Waals surface area contributed by atoms with Crippen molar-refractivity contribution in [1.29, 1.82) is 0 Å².